The largest absolute Gasteiger partial charge is 0.305 e. The number of pyridine rings is 1. The van der Waals surface area contributed by atoms with Gasteiger partial charge < -0.3 is 5.32 Å². The molecule has 0 aliphatic carbocycles. The van der Waals surface area contributed by atoms with Crippen LogP contribution in [0.2, 0.25) is 5.02 Å². The van der Waals surface area contributed by atoms with Crippen LogP contribution in [0.4, 0.5) is 0 Å². The summed E-state index contributed by atoms with van der Waals surface area (Å²) in [5.74, 6) is 0. The molecule has 21 heavy (non-hydrogen) atoms. The third kappa shape index (κ3) is 2.95. The van der Waals surface area contributed by atoms with Crippen molar-refractivity contribution in [2.75, 3.05) is 6.54 Å². The van der Waals surface area contributed by atoms with Crippen molar-refractivity contribution < 1.29 is 0 Å². The number of para-hydroxylation sites is 1. The van der Waals surface area contributed by atoms with Crippen molar-refractivity contribution in [3.05, 3.63) is 63.4 Å². The Bertz CT molecular complexity index is 733. The summed E-state index contributed by atoms with van der Waals surface area (Å²) in [6.45, 7) is 3.11. The zero-order valence-corrected chi connectivity index (χ0v) is 13.4. The van der Waals surface area contributed by atoms with Crippen LogP contribution in [0.25, 0.3) is 10.9 Å². The fourth-order valence-electron chi connectivity index (χ4n) is 2.50. The Morgan fingerprint density at radius 3 is 2.86 bits per heavy atom. The summed E-state index contributed by atoms with van der Waals surface area (Å²) in [7, 11) is 0. The Kier molecular flexibility index (Phi) is 4.54. The Labute approximate surface area is 133 Å². The van der Waals surface area contributed by atoms with Gasteiger partial charge in [0.2, 0.25) is 0 Å². The zero-order chi connectivity index (χ0) is 14.7. The molecule has 1 atom stereocenters. The van der Waals surface area contributed by atoms with Crippen molar-refractivity contribution in [1.29, 1.82) is 0 Å². The maximum absolute atomic E-state index is 6.36. The van der Waals surface area contributed by atoms with E-state index in [1.54, 1.807) is 11.3 Å². The van der Waals surface area contributed by atoms with Crippen molar-refractivity contribution >= 4 is 33.8 Å². The SMILES string of the molecule is CCCNC(c1sccc1Cl)c1cccc2cccnc12. The molecule has 1 aromatic carbocycles. The van der Waals surface area contributed by atoms with Gasteiger partial charge in [0.05, 0.1) is 16.6 Å². The first-order chi connectivity index (χ1) is 10.3. The maximum atomic E-state index is 6.36. The topological polar surface area (TPSA) is 24.9 Å². The van der Waals surface area contributed by atoms with Crippen LogP contribution in [0.15, 0.2) is 48.0 Å². The molecule has 3 rings (SSSR count). The van der Waals surface area contributed by atoms with E-state index in [4.69, 9.17) is 11.6 Å². The lowest BCUT2D eigenvalue weighted by Crippen LogP contribution is -2.23. The molecule has 0 aliphatic heterocycles. The number of benzene rings is 1. The quantitative estimate of drug-likeness (QED) is 0.713. The fraction of sp³-hybridized carbons (Fsp3) is 0.235. The standard InChI is InChI=1S/C17H17ClN2S/c1-2-9-19-16(17-14(18)8-11-21-17)13-7-3-5-12-6-4-10-20-15(12)13/h3-8,10-11,16,19H,2,9H2,1H3. The van der Waals surface area contributed by atoms with Gasteiger partial charge in [0.15, 0.2) is 0 Å². The zero-order valence-electron chi connectivity index (χ0n) is 11.8. The number of aromatic nitrogens is 1. The molecular formula is C17H17ClN2S. The number of rotatable bonds is 5. The molecule has 1 N–H and O–H groups in total. The van der Waals surface area contributed by atoms with E-state index in [1.807, 2.05) is 23.7 Å². The second kappa shape index (κ2) is 6.56. The summed E-state index contributed by atoms with van der Waals surface area (Å²) in [6, 6.07) is 12.4. The lowest BCUT2D eigenvalue weighted by atomic mass is 10.0. The first-order valence-electron chi connectivity index (χ1n) is 7.11. The second-order valence-corrected chi connectivity index (χ2v) is 6.30. The van der Waals surface area contributed by atoms with Gasteiger partial charge in [-0.05, 0) is 30.5 Å². The molecule has 0 saturated heterocycles. The average molecular weight is 317 g/mol. The number of halogens is 1. The molecule has 0 aliphatic rings. The Balaban J connectivity index is 2.12. The molecule has 0 bridgehead atoms. The molecule has 0 spiro atoms. The van der Waals surface area contributed by atoms with E-state index in [2.05, 4.69) is 41.5 Å². The summed E-state index contributed by atoms with van der Waals surface area (Å²) >= 11 is 8.05. The van der Waals surface area contributed by atoms with Crippen LogP contribution in [0.3, 0.4) is 0 Å². The van der Waals surface area contributed by atoms with Crippen LogP contribution in [-0.2, 0) is 0 Å². The van der Waals surface area contributed by atoms with Gasteiger partial charge in [-0.1, -0.05) is 42.8 Å². The summed E-state index contributed by atoms with van der Waals surface area (Å²) in [6.07, 6.45) is 2.93. The van der Waals surface area contributed by atoms with Gasteiger partial charge in [0, 0.05) is 22.0 Å². The predicted molar refractivity (Wildman–Crippen MR) is 91.2 cm³/mol. The molecule has 0 fully saturated rings. The molecule has 2 heterocycles. The minimum Gasteiger partial charge on any atom is -0.305 e. The highest BCUT2D eigenvalue weighted by Gasteiger charge is 2.20. The molecule has 108 valence electrons. The molecule has 0 radical (unpaired) electrons. The van der Waals surface area contributed by atoms with Gasteiger partial charge in [-0.15, -0.1) is 11.3 Å². The number of nitrogens with one attached hydrogen (secondary N) is 1. The van der Waals surface area contributed by atoms with Gasteiger partial charge in [-0.25, -0.2) is 0 Å². The molecule has 3 aromatic rings. The van der Waals surface area contributed by atoms with E-state index in [-0.39, 0.29) is 6.04 Å². The average Bonchev–Trinajstić information content (AvgIpc) is 2.94. The molecule has 4 heteroatoms. The lowest BCUT2D eigenvalue weighted by Gasteiger charge is -2.19. The van der Waals surface area contributed by atoms with Crippen LogP contribution in [-0.4, -0.2) is 11.5 Å². The van der Waals surface area contributed by atoms with Gasteiger partial charge in [-0.2, -0.15) is 0 Å². The van der Waals surface area contributed by atoms with E-state index in [9.17, 15) is 0 Å². The third-order valence-electron chi connectivity index (χ3n) is 3.48. The molecule has 2 aromatic heterocycles. The highest BCUT2D eigenvalue weighted by atomic mass is 35.5. The Morgan fingerprint density at radius 1 is 1.24 bits per heavy atom. The van der Waals surface area contributed by atoms with Crippen LogP contribution in [0, 0.1) is 0 Å². The Morgan fingerprint density at radius 2 is 2.10 bits per heavy atom. The first kappa shape index (κ1) is 14.5. The van der Waals surface area contributed by atoms with E-state index in [0.29, 0.717) is 0 Å². The molecule has 0 amide bonds. The van der Waals surface area contributed by atoms with Crippen molar-refractivity contribution in [1.82, 2.24) is 10.3 Å². The summed E-state index contributed by atoms with van der Waals surface area (Å²) in [5.41, 5.74) is 2.23. The van der Waals surface area contributed by atoms with Gasteiger partial charge in [0.1, 0.15) is 0 Å². The molecular weight excluding hydrogens is 300 g/mol. The minimum absolute atomic E-state index is 0.0936. The fourth-order valence-corrected chi connectivity index (χ4v) is 3.76. The van der Waals surface area contributed by atoms with Gasteiger partial charge in [0.25, 0.3) is 0 Å². The summed E-state index contributed by atoms with van der Waals surface area (Å²) in [4.78, 5) is 5.73. The number of thiophene rings is 1. The van der Waals surface area contributed by atoms with Gasteiger partial charge in [-0.3, -0.25) is 4.98 Å². The second-order valence-electron chi connectivity index (χ2n) is 4.94. The number of fused-ring (bicyclic) bond motifs is 1. The van der Waals surface area contributed by atoms with Crippen LogP contribution in [0.1, 0.15) is 29.8 Å². The monoisotopic (exact) mass is 316 g/mol. The van der Waals surface area contributed by atoms with E-state index < -0.39 is 0 Å². The normalized spacial score (nSPS) is 12.7. The Hall–Kier alpha value is -1.42. The summed E-state index contributed by atoms with van der Waals surface area (Å²) < 4.78 is 0. The van der Waals surface area contributed by atoms with Crippen LogP contribution >= 0.6 is 22.9 Å². The van der Waals surface area contributed by atoms with Crippen molar-refractivity contribution in [3.8, 4) is 0 Å². The first-order valence-corrected chi connectivity index (χ1v) is 8.37. The predicted octanol–water partition coefficient (Wildman–Crippen LogP) is 5.04. The molecule has 0 saturated carbocycles. The van der Waals surface area contributed by atoms with Gasteiger partial charge >= 0.3 is 0 Å². The van der Waals surface area contributed by atoms with E-state index >= 15 is 0 Å². The van der Waals surface area contributed by atoms with Crippen LogP contribution in [0.5, 0.6) is 0 Å². The van der Waals surface area contributed by atoms with Crippen LogP contribution < -0.4 is 5.32 Å². The highest BCUT2D eigenvalue weighted by molar-refractivity contribution is 7.10. The number of hydrogen-bond donors (Lipinski definition) is 1. The summed E-state index contributed by atoms with van der Waals surface area (Å²) in [5, 5.41) is 7.62. The molecule has 1 unspecified atom stereocenters. The van der Waals surface area contributed by atoms with Crippen molar-refractivity contribution in [3.63, 3.8) is 0 Å². The van der Waals surface area contributed by atoms with Crippen molar-refractivity contribution in [2.45, 2.75) is 19.4 Å². The lowest BCUT2D eigenvalue weighted by molar-refractivity contribution is 0.608. The molecule has 2 nitrogen and oxygen atoms in total. The van der Waals surface area contributed by atoms with E-state index in [1.165, 1.54) is 5.56 Å². The highest BCUT2D eigenvalue weighted by Crippen LogP contribution is 2.35. The smallest absolute Gasteiger partial charge is 0.0753 e. The maximum Gasteiger partial charge on any atom is 0.0753 e. The number of nitrogens with zero attached hydrogens (tertiary/aromatic N) is 1. The minimum atomic E-state index is 0.0936. The number of hydrogen-bond acceptors (Lipinski definition) is 3. The van der Waals surface area contributed by atoms with Crippen molar-refractivity contribution in [2.24, 2.45) is 0 Å². The van der Waals surface area contributed by atoms with E-state index in [0.717, 1.165) is 33.8 Å². The third-order valence-corrected chi connectivity index (χ3v) is 4.90.